The first-order valence-corrected chi connectivity index (χ1v) is 6.39. The summed E-state index contributed by atoms with van der Waals surface area (Å²) in [7, 11) is 1.66. The maximum atomic E-state index is 6.31. The Kier molecular flexibility index (Phi) is 3.84. The average Bonchev–Trinajstić information content (AvgIpc) is 2.28. The minimum atomic E-state index is 0.643. The Bertz CT molecular complexity index is 568. The van der Waals surface area contributed by atoms with Crippen molar-refractivity contribution in [2.45, 2.75) is 13.8 Å². The number of aryl methyl sites for hydroxylation is 2. The summed E-state index contributed by atoms with van der Waals surface area (Å²) in [5.74, 6) is 0.813. The number of hydrogen-bond acceptors (Lipinski definition) is 1. The van der Waals surface area contributed by atoms with E-state index in [1.807, 2.05) is 32.0 Å². The van der Waals surface area contributed by atoms with Gasteiger partial charge in [-0.25, -0.2) is 0 Å². The zero-order valence-corrected chi connectivity index (χ0v) is 12.1. The third-order valence-electron chi connectivity index (χ3n) is 2.88. The molecule has 94 valence electrons. The van der Waals surface area contributed by atoms with E-state index in [1.54, 1.807) is 13.2 Å². The number of methoxy groups -OCH3 is 1. The van der Waals surface area contributed by atoms with Crippen LogP contribution in [0.4, 0.5) is 0 Å². The fourth-order valence-electron chi connectivity index (χ4n) is 2.06. The molecule has 0 atom stereocenters. The summed E-state index contributed by atoms with van der Waals surface area (Å²) in [5.41, 5.74) is 4.17. The van der Waals surface area contributed by atoms with Gasteiger partial charge in [-0.1, -0.05) is 34.8 Å². The van der Waals surface area contributed by atoms with Crippen molar-refractivity contribution in [1.29, 1.82) is 0 Å². The molecule has 0 saturated carbocycles. The Morgan fingerprint density at radius 2 is 1.72 bits per heavy atom. The van der Waals surface area contributed by atoms with Gasteiger partial charge in [0.15, 0.2) is 0 Å². The summed E-state index contributed by atoms with van der Waals surface area (Å²) in [4.78, 5) is 0. The van der Waals surface area contributed by atoms with E-state index in [9.17, 15) is 0 Å². The Morgan fingerprint density at radius 1 is 1.00 bits per heavy atom. The molecule has 0 amide bonds. The zero-order valence-electron chi connectivity index (χ0n) is 10.6. The lowest BCUT2D eigenvalue weighted by Gasteiger charge is -2.14. The molecule has 0 aliphatic carbocycles. The summed E-state index contributed by atoms with van der Waals surface area (Å²) in [5, 5.41) is 1.29. The Morgan fingerprint density at radius 3 is 2.33 bits per heavy atom. The second-order valence-corrected chi connectivity index (χ2v) is 5.13. The number of ether oxygens (including phenoxy) is 1. The molecule has 0 spiro atoms. The van der Waals surface area contributed by atoms with E-state index in [1.165, 1.54) is 0 Å². The van der Waals surface area contributed by atoms with Crippen molar-refractivity contribution in [3.05, 3.63) is 51.5 Å². The molecule has 0 fully saturated rings. The van der Waals surface area contributed by atoms with E-state index in [0.29, 0.717) is 10.0 Å². The van der Waals surface area contributed by atoms with Crippen LogP contribution >= 0.6 is 23.2 Å². The van der Waals surface area contributed by atoms with Gasteiger partial charge in [-0.3, -0.25) is 0 Å². The van der Waals surface area contributed by atoms with Gasteiger partial charge >= 0.3 is 0 Å². The molecule has 0 aliphatic rings. The van der Waals surface area contributed by atoms with Crippen molar-refractivity contribution in [1.82, 2.24) is 0 Å². The van der Waals surface area contributed by atoms with E-state index in [0.717, 1.165) is 28.0 Å². The van der Waals surface area contributed by atoms with E-state index in [2.05, 4.69) is 6.07 Å². The highest BCUT2D eigenvalue weighted by atomic mass is 35.5. The predicted octanol–water partition coefficient (Wildman–Crippen LogP) is 5.29. The standard InChI is InChI=1S/C15H14Cl2O/c1-9-4-5-14(18-3)12(6-9)15-10(2)7-11(16)8-13(15)17/h4-8H,1-3H3. The van der Waals surface area contributed by atoms with Gasteiger partial charge in [0.25, 0.3) is 0 Å². The summed E-state index contributed by atoms with van der Waals surface area (Å²) in [6.45, 7) is 4.04. The highest BCUT2D eigenvalue weighted by Gasteiger charge is 2.13. The van der Waals surface area contributed by atoms with Gasteiger partial charge < -0.3 is 4.74 Å². The Hall–Kier alpha value is -1.18. The van der Waals surface area contributed by atoms with Crippen LogP contribution < -0.4 is 4.74 Å². The third-order valence-corrected chi connectivity index (χ3v) is 3.39. The quantitative estimate of drug-likeness (QED) is 0.727. The summed E-state index contributed by atoms with van der Waals surface area (Å²) >= 11 is 12.3. The lowest BCUT2D eigenvalue weighted by molar-refractivity contribution is 0.416. The number of halogens is 2. The highest BCUT2D eigenvalue weighted by molar-refractivity contribution is 6.36. The van der Waals surface area contributed by atoms with Gasteiger partial charge in [0.1, 0.15) is 5.75 Å². The van der Waals surface area contributed by atoms with E-state index >= 15 is 0 Å². The van der Waals surface area contributed by atoms with Crippen LogP contribution in [0.25, 0.3) is 11.1 Å². The van der Waals surface area contributed by atoms with Crippen LogP contribution in [0.1, 0.15) is 11.1 Å². The Labute approximate surface area is 117 Å². The van der Waals surface area contributed by atoms with E-state index in [-0.39, 0.29) is 0 Å². The second kappa shape index (κ2) is 5.21. The smallest absolute Gasteiger partial charge is 0.126 e. The van der Waals surface area contributed by atoms with Crippen LogP contribution in [0.2, 0.25) is 10.0 Å². The monoisotopic (exact) mass is 280 g/mol. The fraction of sp³-hybridized carbons (Fsp3) is 0.200. The van der Waals surface area contributed by atoms with Crippen LogP contribution in [0.5, 0.6) is 5.75 Å². The van der Waals surface area contributed by atoms with Crippen molar-refractivity contribution in [2.75, 3.05) is 7.11 Å². The van der Waals surface area contributed by atoms with Gasteiger partial charge in [0.05, 0.1) is 12.1 Å². The van der Waals surface area contributed by atoms with Crippen LogP contribution in [-0.4, -0.2) is 7.11 Å². The van der Waals surface area contributed by atoms with Crippen molar-refractivity contribution < 1.29 is 4.74 Å². The minimum absolute atomic E-state index is 0.643. The molecule has 0 radical (unpaired) electrons. The van der Waals surface area contributed by atoms with Gasteiger partial charge in [-0.2, -0.15) is 0 Å². The summed E-state index contributed by atoms with van der Waals surface area (Å²) < 4.78 is 5.40. The molecule has 0 saturated heterocycles. The summed E-state index contributed by atoms with van der Waals surface area (Å²) in [6, 6.07) is 9.70. The highest BCUT2D eigenvalue weighted by Crippen LogP contribution is 2.39. The number of benzene rings is 2. The molecule has 2 aromatic rings. The summed E-state index contributed by atoms with van der Waals surface area (Å²) in [6.07, 6.45) is 0. The van der Waals surface area contributed by atoms with Crippen LogP contribution in [0, 0.1) is 13.8 Å². The van der Waals surface area contributed by atoms with Crippen LogP contribution in [-0.2, 0) is 0 Å². The van der Waals surface area contributed by atoms with Crippen molar-refractivity contribution in [3.8, 4) is 16.9 Å². The van der Waals surface area contributed by atoms with Gasteiger partial charge in [0, 0.05) is 16.1 Å². The molecular formula is C15H14Cl2O. The van der Waals surface area contributed by atoms with Crippen LogP contribution in [0.3, 0.4) is 0 Å². The maximum Gasteiger partial charge on any atom is 0.126 e. The Balaban J connectivity index is 2.72. The maximum absolute atomic E-state index is 6.31. The topological polar surface area (TPSA) is 9.23 Å². The minimum Gasteiger partial charge on any atom is -0.496 e. The lowest BCUT2D eigenvalue weighted by atomic mass is 9.98. The largest absolute Gasteiger partial charge is 0.496 e. The molecule has 0 unspecified atom stereocenters. The zero-order chi connectivity index (χ0) is 13.3. The number of rotatable bonds is 2. The van der Waals surface area contributed by atoms with Gasteiger partial charge in [-0.05, 0) is 43.7 Å². The first-order valence-electron chi connectivity index (χ1n) is 5.63. The molecule has 2 rings (SSSR count). The molecular weight excluding hydrogens is 267 g/mol. The lowest BCUT2D eigenvalue weighted by Crippen LogP contribution is -1.92. The molecule has 0 N–H and O–H groups in total. The SMILES string of the molecule is COc1ccc(C)cc1-c1c(C)cc(Cl)cc1Cl. The normalized spacial score (nSPS) is 10.5. The molecule has 0 aromatic heterocycles. The second-order valence-electron chi connectivity index (χ2n) is 4.28. The molecule has 1 nitrogen and oxygen atoms in total. The third kappa shape index (κ3) is 2.47. The van der Waals surface area contributed by atoms with Crippen molar-refractivity contribution >= 4 is 23.2 Å². The van der Waals surface area contributed by atoms with E-state index < -0.39 is 0 Å². The molecule has 0 bridgehead atoms. The first-order chi connectivity index (χ1) is 8.52. The predicted molar refractivity (Wildman–Crippen MR) is 77.9 cm³/mol. The van der Waals surface area contributed by atoms with E-state index in [4.69, 9.17) is 27.9 Å². The molecule has 0 aliphatic heterocycles. The van der Waals surface area contributed by atoms with Gasteiger partial charge in [0.2, 0.25) is 0 Å². The molecule has 18 heavy (non-hydrogen) atoms. The first kappa shape index (κ1) is 13.3. The molecule has 3 heteroatoms. The van der Waals surface area contributed by atoms with Crippen LogP contribution in [0.15, 0.2) is 30.3 Å². The van der Waals surface area contributed by atoms with Gasteiger partial charge in [-0.15, -0.1) is 0 Å². The molecule has 0 heterocycles. The fourth-order valence-corrected chi connectivity index (χ4v) is 2.76. The van der Waals surface area contributed by atoms with Crippen molar-refractivity contribution in [3.63, 3.8) is 0 Å². The molecule has 2 aromatic carbocycles. The average molecular weight is 281 g/mol. The number of hydrogen-bond donors (Lipinski definition) is 0. The van der Waals surface area contributed by atoms with Crippen molar-refractivity contribution in [2.24, 2.45) is 0 Å².